The summed E-state index contributed by atoms with van der Waals surface area (Å²) in [6, 6.07) is 18.5. The van der Waals surface area contributed by atoms with Gasteiger partial charge in [0.2, 0.25) is 0 Å². The van der Waals surface area contributed by atoms with Gasteiger partial charge in [-0.15, -0.1) is 0 Å². The fourth-order valence-corrected chi connectivity index (χ4v) is 1.19. The average molecular weight is 231 g/mol. The third kappa shape index (κ3) is 5.77. The molecule has 1 heteroatoms. The molecule has 14 heavy (non-hydrogen) atoms. The number of rotatable bonds is 2. The van der Waals surface area contributed by atoms with Crippen molar-refractivity contribution in [2.45, 2.75) is 19.8 Å². The first kappa shape index (κ1) is 13.2. The maximum Gasteiger partial charge on any atom is 2.00 e. The Morgan fingerprint density at radius 3 is 2.14 bits per heavy atom. The predicted molar refractivity (Wildman–Crippen MR) is 58.1 cm³/mol. The molecule has 0 aliphatic rings. The van der Waals surface area contributed by atoms with E-state index in [1.807, 2.05) is 30.3 Å². The number of hydrogen-bond donors (Lipinski definition) is 0. The van der Waals surface area contributed by atoms with Gasteiger partial charge in [0.25, 0.3) is 0 Å². The summed E-state index contributed by atoms with van der Waals surface area (Å²) in [5, 5.41) is 0. The molecule has 0 spiro atoms. The van der Waals surface area contributed by atoms with Crippen LogP contribution in [0.3, 0.4) is 0 Å². The first-order chi connectivity index (χ1) is 6.43. The molecule has 0 radical (unpaired) electrons. The molecule has 0 heterocycles. The molecule has 0 aliphatic heterocycles. The Hall–Kier alpha value is -0.806. The molecule has 2 aromatic rings. The van der Waals surface area contributed by atoms with Crippen LogP contribution in [0.2, 0.25) is 0 Å². The van der Waals surface area contributed by atoms with Gasteiger partial charge in [-0.1, -0.05) is 19.8 Å². The van der Waals surface area contributed by atoms with E-state index in [0.717, 1.165) is 0 Å². The molecule has 0 nitrogen and oxygen atoms in total. The van der Waals surface area contributed by atoms with Crippen LogP contribution in [0.15, 0.2) is 54.6 Å². The van der Waals surface area contributed by atoms with Gasteiger partial charge < -0.3 is 0 Å². The van der Waals surface area contributed by atoms with E-state index in [9.17, 15) is 0 Å². The van der Waals surface area contributed by atoms with Gasteiger partial charge in [-0.25, -0.2) is 24.3 Å². The van der Waals surface area contributed by atoms with Crippen LogP contribution < -0.4 is 0 Å². The summed E-state index contributed by atoms with van der Waals surface area (Å²) < 4.78 is 0. The largest absolute Gasteiger partial charge is 2.00 e. The molecule has 0 atom stereocenters. The van der Waals surface area contributed by atoms with Crippen LogP contribution in [0.25, 0.3) is 0 Å². The standard InChI is InChI=1S/C8H11.C5H5.Ni/c1-2-5-8-6-3-4-7-8;1-2-4-5-3-1;/h3-4,6-7H,2,5H2,1H3;1-5H;/q2*-1;+2. The molecule has 0 N–H and O–H groups in total. The Balaban J connectivity index is 0.000000246. The molecule has 2 aromatic carbocycles. The summed E-state index contributed by atoms with van der Waals surface area (Å²) in [5.74, 6) is 0. The van der Waals surface area contributed by atoms with Gasteiger partial charge in [-0.3, -0.25) is 0 Å². The van der Waals surface area contributed by atoms with E-state index in [2.05, 4.69) is 31.2 Å². The SMILES string of the molecule is CCCc1ccc[cH-]1.[Ni+2].c1cc[cH-]c1. The summed E-state index contributed by atoms with van der Waals surface area (Å²) in [5.41, 5.74) is 1.47. The van der Waals surface area contributed by atoms with Crippen molar-refractivity contribution in [2.24, 2.45) is 0 Å². The predicted octanol–water partition coefficient (Wildman–Crippen LogP) is 3.76. The smallest absolute Gasteiger partial charge is 0.214 e. The van der Waals surface area contributed by atoms with Crippen molar-refractivity contribution in [1.29, 1.82) is 0 Å². The van der Waals surface area contributed by atoms with E-state index in [0.29, 0.717) is 0 Å². The molecular formula is C13H16Ni. The molecule has 0 aromatic heterocycles. The summed E-state index contributed by atoms with van der Waals surface area (Å²) in [4.78, 5) is 0. The Morgan fingerprint density at radius 1 is 1.07 bits per heavy atom. The van der Waals surface area contributed by atoms with Crippen molar-refractivity contribution in [3.63, 3.8) is 0 Å². The molecule has 0 amide bonds. The van der Waals surface area contributed by atoms with Crippen LogP contribution in [-0.2, 0) is 22.9 Å². The van der Waals surface area contributed by atoms with Gasteiger partial charge >= 0.3 is 16.5 Å². The third-order valence-corrected chi connectivity index (χ3v) is 1.83. The minimum absolute atomic E-state index is 0. The molecular weight excluding hydrogens is 215 g/mol. The summed E-state index contributed by atoms with van der Waals surface area (Å²) in [6.07, 6.45) is 2.48. The maximum atomic E-state index is 2.20. The molecule has 0 aliphatic carbocycles. The molecule has 0 bridgehead atoms. The van der Waals surface area contributed by atoms with Crippen molar-refractivity contribution >= 4 is 0 Å². The van der Waals surface area contributed by atoms with Gasteiger partial charge in [-0.2, -0.15) is 35.9 Å². The third-order valence-electron chi connectivity index (χ3n) is 1.83. The number of hydrogen-bond acceptors (Lipinski definition) is 0. The summed E-state index contributed by atoms with van der Waals surface area (Å²) in [7, 11) is 0. The van der Waals surface area contributed by atoms with Gasteiger partial charge in [0.05, 0.1) is 0 Å². The number of aryl methyl sites for hydroxylation is 1. The van der Waals surface area contributed by atoms with Gasteiger partial charge in [0.1, 0.15) is 0 Å². The van der Waals surface area contributed by atoms with Crippen LogP contribution in [0.5, 0.6) is 0 Å². The molecule has 0 saturated carbocycles. The van der Waals surface area contributed by atoms with E-state index in [1.54, 1.807) is 0 Å². The fraction of sp³-hybridized carbons (Fsp3) is 0.231. The molecule has 0 fully saturated rings. The maximum absolute atomic E-state index is 2.20. The van der Waals surface area contributed by atoms with Crippen molar-refractivity contribution in [3.8, 4) is 0 Å². The van der Waals surface area contributed by atoms with Gasteiger partial charge in [0, 0.05) is 0 Å². The quantitative estimate of drug-likeness (QED) is 0.545. The van der Waals surface area contributed by atoms with Crippen molar-refractivity contribution in [1.82, 2.24) is 0 Å². The second-order valence-corrected chi connectivity index (χ2v) is 3.01. The monoisotopic (exact) mass is 230 g/mol. The molecule has 0 saturated heterocycles. The van der Waals surface area contributed by atoms with Gasteiger partial charge in [-0.05, 0) is 0 Å². The minimum Gasteiger partial charge on any atom is -0.214 e. The first-order valence-corrected chi connectivity index (χ1v) is 4.80. The van der Waals surface area contributed by atoms with Crippen LogP contribution in [0.1, 0.15) is 18.9 Å². The minimum atomic E-state index is 0. The average Bonchev–Trinajstić information content (AvgIpc) is 2.79. The van der Waals surface area contributed by atoms with E-state index in [4.69, 9.17) is 0 Å². The van der Waals surface area contributed by atoms with Gasteiger partial charge in [0.15, 0.2) is 0 Å². The van der Waals surface area contributed by atoms with E-state index in [-0.39, 0.29) is 16.5 Å². The Bertz CT molecular complexity index is 249. The van der Waals surface area contributed by atoms with Crippen molar-refractivity contribution in [3.05, 3.63) is 60.2 Å². The summed E-state index contributed by atoms with van der Waals surface area (Å²) in [6.45, 7) is 2.20. The Labute approximate surface area is 96.6 Å². The Kier molecular flexibility index (Phi) is 8.27. The van der Waals surface area contributed by atoms with Crippen molar-refractivity contribution in [2.75, 3.05) is 0 Å². The van der Waals surface area contributed by atoms with Crippen LogP contribution in [0.4, 0.5) is 0 Å². The second kappa shape index (κ2) is 8.78. The fourth-order valence-electron chi connectivity index (χ4n) is 1.19. The zero-order chi connectivity index (χ0) is 9.36. The zero-order valence-electron chi connectivity index (χ0n) is 8.43. The topological polar surface area (TPSA) is 0 Å². The van der Waals surface area contributed by atoms with Crippen LogP contribution >= 0.6 is 0 Å². The first-order valence-electron chi connectivity index (χ1n) is 4.80. The molecule has 2 rings (SSSR count). The Morgan fingerprint density at radius 2 is 1.79 bits per heavy atom. The van der Waals surface area contributed by atoms with E-state index in [1.165, 1.54) is 18.4 Å². The molecule has 0 unspecified atom stereocenters. The van der Waals surface area contributed by atoms with Crippen LogP contribution in [0, 0.1) is 0 Å². The van der Waals surface area contributed by atoms with Crippen LogP contribution in [-0.4, -0.2) is 0 Å². The second-order valence-electron chi connectivity index (χ2n) is 3.01. The normalized spacial score (nSPS) is 8.36. The zero-order valence-corrected chi connectivity index (χ0v) is 9.41. The van der Waals surface area contributed by atoms with E-state index < -0.39 is 0 Å². The van der Waals surface area contributed by atoms with Crippen molar-refractivity contribution < 1.29 is 16.5 Å². The van der Waals surface area contributed by atoms with E-state index >= 15 is 0 Å². The summed E-state index contributed by atoms with van der Waals surface area (Å²) >= 11 is 0. The molecule has 78 valence electrons.